The van der Waals surface area contributed by atoms with Crippen LogP contribution in [0, 0.1) is 0 Å². The maximum absolute atomic E-state index is 11.5. The fraction of sp³-hybridized carbons (Fsp3) is 0.500. The number of aromatic nitrogens is 8. The van der Waals surface area contributed by atoms with Gasteiger partial charge in [0, 0.05) is 12.8 Å². The molecule has 4 aromatic heterocycles. The topological polar surface area (TPSA) is 227 Å². The molecule has 4 aromatic rings. The van der Waals surface area contributed by atoms with E-state index in [9.17, 15) is 19.8 Å². The van der Waals surface area contributed by atoms with E-state index in [0.717, 1.165) is 0 Å². The molecule has 0 bridgehead atoms. The molecule has 2 fully saturated rings. The van der Waals surface area contributed by atoms with Crippen molar-refractivity contribution < 1.29 is 29.9 Å². The summed E-state index contributed by atoms with van der Waals surface area (Å²) in [5.41, 5.74) is 0.402. The summed E-state index contributed by atoms with van der Waals surface area (Å²) in [6.45, 7) is -0.317. The van der Waals surface area contributed by atoms with Gasteiger partial charge >= 0.3 is 0 Å². The van der Waals surface area contributed by atoms with Gasteiger partial charge in [-0.2, -0.15) is 0 Å². The number of nitrogens with one attached hydrogen (secondary N) is 2. The number of ether oxygens (including phenoxy) is 2. The highest BCUT2D eigenvalue weighted by molar-refractivity contribution is 5.69. The summed E-state index contributed by atoms with van der Waals surface area (Å²) in [5, 5.41) is 37.8. The number of rotatable bonds is 4. The van der Waals surface area contributed by atoms with Crippen LogP contribution in [0.5, 0.6) is 0 Å². The number of aliphatic hydroxyl groups excluding tert-OH is 4. The summed E-state index contributed by atoms with van der Waals surface area (Å²) < 4.78 is 14.0. The maximum Gasteiger partial charge on any atom is 0.278 e. The van der Waals surface area contributed by atoms with E-state index < -0.39 is 36.9 Å². The van der Waals surface area contributed by atoms with Gasteiger partial charge in [-0.15, -0.1) is 0 Å². The predicted molar refractivity (Wildman–Crippen MR) is 120 cm³/mol. The van der Waals surface area contributed by atoms with Crippen LogP contribution in [0.1, 0.15) is 25.3 Å². The van der Waals surface area contributed by atoms with Gasteiger partial charge in [-0.1, -0.05) is 0 Å². The van der Waals surface area contributed by atoms with Crippen LogP contribution in [0.15, 0.2) is 34.9 Å². The first-order valence-corrected chi connectivity index (χ1v) is 11.1. The van der Waals surface area contributed by atoms with Gasteiger partial charge in [0.15, 0.2) is 34.8 Å². The molecule has 2 aliphatic rings. The van der Waals surface area contributed by atoms with Crippen molar-refractivity contribution in [3.63, 3.8) is 0 Å². The Morgan fingerprint density at radius 1 is 0.778 bits per heavy atom. The van der Waals surface area contributed by atoms with E-state index in [1.807, 2.05) is 0 Å². The lowest BCUT2D eigenvalue weighted by molar-refractivity contribution is -0.0486. The largest absolute Gasteiger partial charge is 0.394 e. The molecule has 6 rings (SSSR count). The predicted octanol–water partition coefficient (Wildman–Crippen LogP) is -2.48. The van der Waals surface area contributed by atoms with E-state index in [0.29, 0.717) is 24.1 Å². The van der Waals surface area contributed by atoms with Crippen molar-refractivity contribution in [2.75, 3.05) is 13.2 Å². The molecule has 0 aliphatic carbocycles. The molecule has 6 heterocycles. The van der Waals surface area contributed by atoms with Crippen LogP contribution >= 0.6 is 0 Å². The second kappa shape index (κ2) is 9.84. The lowest BCUT2D eigenvalue weighted by Crippen LogP contribution is -2.19. The average Bonchev–Trinajstić information content (AvgIpc) is 3.64. The molecule has 6 atom stereocenters. The van der Waals surface area contributed by atoms with Crippen molar-refractivity contribution in [2.24, 2.45) is 0 Å². The number of H-pyrrole nitrogens is 2. The van der Waals surface area contributed by atoms with E-state index in [1.165, 1.54) is 34.4 Å². The van der Waals surface area contributed by atoms with Gasteiger partial charge in [0.25, 0.3) is 11.1 Å². The number of aliphatic hydroxyl groups is 4. The van der Waals surface area contributed by atoms with Gasteiger partial charge in [-0.3, -0.25) is 18.7 Å². The molecule has 16 heteroatoms. The molecular weight excluding hydrogens is 480 g/mol. The minimum atomic E-state index is -0.763. The SMILES string of the molecule is O=c1[nH]cnc2c1ncn2[C@@H]1O[C@H](CO)C[C@H]1O.O=c1[nH]cnc2c1ncn2[C@@H]1O[C@H](CO)C[C@H]1O. The number of fused-ring (bicyclic) bond motifs is 2. The van der Waals surface area contributed by atoms with Crippen LogP contribution in [-0.2, 0) is 9.47 Å². The summed E-state index contributed by atoms with van der Waals surface area (Å²) in [6.07, 6.45) is 2.31. The van der Waals surface area contributed by atoms with E-state index >= 15 is 0 Å². The van der Waals surface area contributed by atoms with Gasteiger partial charge in [-0.05, 0) is 0 Å². The van der Waals surface area contributed by atoms with Crippen molar-refractivity contribution in [2.45, 2.75) is 49.7 Å². The summed E-state index contributed by atoms with van der Waals surface area (Å²) in [4.78, 5) is 43.8. The molecule has 0 aromatic carbocycles. The molecule has 0 amide bonds. The third-order valence-electron chi connectivity index (χ3n) is 6.02. The fourth-order valence-electron chi connectivity index (χ4n) is 4.29. The van der Waals surface area contributed by atoms with E-state index in [1.54, 1.807) is 0 Å². The Morgan fingerprint density at radius 3 is 1.56 bits per heavy atom. The molecule has 6 N–H and O–H groups in total. The molecule has 2 aliphatic heterocycles. The van der Waals surface area contributed by atoms with Crippen LogP contribution in [0.25, 0.3) is 22.3 Å². The van der Waals surface area contributed by atoms with Gasteiger partial charge in [0.05, 0.1) is 50.7 Å². The van der Waals surface area contributed by atoms with Crippen LogP contribution in [-0.4, -0.2) is 97.1 Å². The zero-order chi connectivity index (χ0) is 25.4. The normalized spacial score (nSPS) is 28.0. The third-order valence-corrected chi connectivity index (χ3v) is 6.02. The lowest BCUT2D eigenvalue weighted by atomic mass is 10.2. The molecule has 0 saturated carbocycles. The van der Waals surface area contributed by atoms with Gasteiger partial charge in [0.2, 0.25) is 0 Å². The quantitative estimate of drug-likeness (QED) is 0.170. The van der Waals surface area contributed by atoms with Crippen molar-refractivity contribution in [1.29, 1.82) is 0 Å². The minimum absolute atomic E-state index is 0.159. The van der Waals surface area contributed by atoms with Gasteiger partial charge in [-0.25, -0.2) is 19.9 Å². The average molecular weight is 504 g/mol. The standard InChI is InChI=1S/2C10H12N4O4/c2*15-2-5-1-6(16)10(18-5)14-4-13-7-8(14)11-3-12-9(7)17/h2*3-6,10,15-16H,1-2H2,(H,11,12,17)/t2*5-,6+,10+/m00/s1. The van der Waals surface area contributed by atoms with Crippen LogP contribution in [0.2, 0.25) is 0 Å². The Kier molecular flexibility index (Phi) is 6.61. The smallest absolute Gasteiger partial charge is 0.278 e. The van der Waals surface area contributed by atoms with Crippen LogP contribution < -0.4 is 11.1 Å². The van der Waals surface area contributed by atoms with Gasteiger partial charge < -0.3 is 39.9 Å². The number of hydrogen-bond donors (Lipinski definition) is 6. The molecule has 192 valence electrons. The van der Waals surface area contributed by atoms with Gasteiger partial charge in [0.1, 0.15) is 12.2 Å². The molecule has 2 saturated heterocycles. The van der Waals surface area contributed by atoms with Crippen molar-refractivity contribution in [1.82, 2.24) is 39.0 Å². The maximum atomic E-state index is 11.5. The summed E-state index contributed by atoms with van der Waals surface area (Å²) in [6, 6.07) is 0. The molecule has 0 unspecified atom stereocenters. The highest BCUT2D eigenvalue weighted by atomic mass is 16.5. The summed E-state index contributed by atoms with van der Waals surface area (Å²) in [7, 11) is 0. The molecule has 36 heavy (non-hydrogen) atoms. The first-order valence-electron chi connectivity index (χ1n) is 11.1. The number of hydrogen-bond acceptors (Lipinski definition) is 12. The molecule has 0 spiro atoms. The Hall–Kier alpha value is -3.54. The number of nitrogens with zero attached hydrogens (tertiary/aromatic N) is 6. The van der Waals surface area contributed by atoms with Crippen LogP contribution in [0.4, 0.5) is 0 Å². The molecular formula is C20H24N8O8. The third kappa shape index (κ3) is 4.29. The number of aromatic amines is 2. The van der Waals surface area contributed by atoms with Crippen molar-refractivity contribution in [3.05, 3.63) is 46.0 Å². The zero-order valence-corrected chi connectivity index (χ0v) is 18.7. The van der Waals surface area contributed by atoms with E-state index in [-0.39, 0.29) is 35.4 Å². The zero-order valence-electron chi connectivity index (χ0n) is 18.7. The van der Waals surface area contributed by atoms with Crippen LogP contribution in [0.3, 0.4) is 0 Å². The van der Waals surface area contributed by atoms with Crippen molar-refractivity contribution >= 4 is 22.3 Å². The Labute approximate surface area is 200 Å². The number of imidazole rings is 2. The second-order valence-electron chi connectivity index (χ2n) is 8.38. The molecule has 16 nitrogen and oxygen atoms in total. The minimum Gasteiger partial charge on any atom is -0.394 e. The Morgan fingerprint density at radius 2 is 1.19 bits per heavy atom. The Bertz CT molecular complexity index is 1350. The molecule has 0 radical (unpaired) electrons. The van der Waals surface area contributed by atoms with Crippen molar-refractivity contribution in [3.8, 4) is 0 Å². The first-order chi connectivity index (χ1) is 17.4. The highest BCUT2D eigenvalue weighted by Gasteiger charge is 2.37. The fourth-order valence-corrected chi connectivity index (χ4v) is 4.29. The summed E-state index contributed by atoms with van der Waals surface area (Å²) in [5.74, 6) is 0. The monoisotopic (exact) mass is 504 g/mol. The summed E-state index contributed by atoms with van der Waals surface area (Å²) >= 11 is 0. The second-order valence-corrected chi connectivity index (χ2v) is 8.38. The van der Waals surface area contributed by atoms with E-state index in [4.69, 9.17) is 19.7 Å². The van der Waals surface area contributed by atoms with E-state index in [2.05, 4.69) is 29.9 Å². The first kappa shape index (κ1) is 24.2. The lowest BCUT2D eigenvalue weighted by Gasteiger charge is -2.16. The highest BCUT2D eigenvalue weighted by Crippen LogP contribution is 2.31. The Balaban J connectivity index is 0.000000148.